The van der Waals surface area contributed by atoms with Crippen molar-refractivity contribution in [2.75, 3.05) is 26.7 Å². The number of β-amino-alcohol motifs (C(OH)–C–C–N with tert-alkyl or cyclic N) is 1. The van der Waals surface area contributed by atoms with E-state index in [0.29, 0.717) is 17.9 Å². The van der Waals surface area contributed by atoms with Crippen molar-refractivity contribution >= 4 is 5.91 Å². The van der Waals surface area contributed by atoms with E-state index in [9.17, 15) is 23.1 Å². The summed E-state index contributed by atoms with van der Waals surface area (Å²) in [6.45, 7) is 0.450. The van der Waals surface area contributed by atoms with Crippen LogP contribution in [0.15, 0.2) is 0 Å². The smallest absolute Gasteiger partial charge is 0.387 e. The Morgan fingerprint density at radius 3 is 2.60 bits per heavy atom. The number of amides is 1. The highest BCUT2D eigenvalue weighted by molar-refractivity contribution is 5.81. The Labute approximate surface area is 85.1 Å². The molecule has 1 aliphatic rings. The van der Waals surface area contributed by atoms with Crippen molar-refractivity contribution in [2.24, 2.45) is 0 Å². The Balaban J connectivity index is 2.55. The topological polar surface area (TPSA) is 52.6 Å². The third kappa shape index (κ3) is 3.07. The number of carbonyl (C=O) groups is 1. The van der Waals surface area contributed by atoms with E-state index in [4.69, 9.17) is 0 Å². The molecule has 1 heterocycles. The van der Waals surface area contributed by atoms with Crippen LogP contribution in [0.1, 0.15) is 6.42 Å². The van der Waals surface area contributed by atoms with Crippen LogP contribution in [0.2, 0.25) is 0 Å². The molecule has 88 valence electrons. The fraction of sp³-hybridized carbons (Fsp3) is 0.875. The van der Waals surface area contributed by atoms with Gasteiger partial charge >= 0.3 is 12.1 Å². The molecule has 4 nitrogen and oxygen atoms in total. The molecule has 0 aromatic rings. The molecule has 0 radical (unpaired) electrons. The van der Waals surface area contributed by atoms with Crippen molar-refractivity contribution in [3.63, 3.8) is 0 Å². The highest BCUT2D eigenvalue weighted by Crippen LogP contribution is 2.21. The van der Waals surface area contributed by atoms with E-state index in [-0.39, 0.29) is 13.1 Å². The summed E-state index contributed by atoms with van der Waals surface area (Å²) in [5.74, 6) is -1.93. The van der Waals surface area contributed by atoms with Crippen molar-refractivity contribution in [3.05, 3.63) is 0 Å². The molecular formula is C8H13F3N2O2. The summed E-state index contributed by atoms with van der Waals surface area (Å²) in [4.78, 5) is 11.3. The van der Waals surface area contributed by atoms with E-state index < -0.39 is 17.7 Å². The molecule has 0 aromatic heterocycles. The van der Waals surface area contributed by atoms with Crippen LogP contribution in [0.3, 0.4) is 0 Å². The van der Waals surface area contributed by atoms with Gasteiger partial charge in [-0.05, 0) is 13.0 Å². The maximum atomic E-state index is 12.0. The maximum Gasteiger partial charge on any atom is 0.471 e. The zero-order valence-electron chi connectivity index (χ0n) is 8.26. The van der Waals surface area contributed by atoms with Gasteiger partial charge in [0.2, 0.25) is 0 Å². The van der Waals surface area contributed by atoms with Gasteiger partial charge in [0, 0.05) is 13.6 Å². The van der Waals surface area contributed by atoms with Crippen LogP contribution in [-0.2, 0) is 4.79 Å². The molecule has 0 spiro atoms. The molecule has 0 bridgehead atoms. The van der Waals surface area contributed by atoms with Crippen molar-refractivity contribution in [2.45, 2.75) is 18.2 Å². The van der Waals surface area contributed by atoms with Crippen molar-refractivity contribution in [3.8, 4) is 0 Å². The van der Waals surface area contributed by atoms with Crippen LogP contribution >= 0.6 is 0 Å². The molecule has 1 fully saturated rings. The number of nitrogens with one attached hydrogen (secondary N) is 1. The Hall–Kier alpha value is -0.820. The van der Waals surface area contributed by atoms with Gasteiger partial charge in [0.05, 0.1) is 12.1 Å². The molecule has 7 heteroatoms. The number of alkyl halides is 3. The Morgan fingerprint density at radius 1 is 1.60 bits per heavy atom. The van der Waals surface area contributed by atoms with Gasteiger partial charge in [-0.15, -0.1) is 0 Å². The number of nitrogens with zero attached hydrogens (tertiary/aromatic N) is 1. The predicted molar refractivity (Wildman–Crippen MR) is 46.1 cm³/mol. The van der Waals surface area contributed by atoms with Crippen molar-refractivity contribution in [1.29, 1.82) is 0 Å². The van der Waals surface area contributed by atoms with Crippen LogP contribution in [-0.4, -0.2) is 54.4 Å². The fourth-order valence-corrected chi connectivity index (χ4v) is 1.60. The molecule has 2 N–H and O–H groups in total. The number of hydrogen-bond acceptors (Lipinski definition) is 3. The zero-order chi connectivity index (χ0) is 11.7. The molecule has 0 aliphatic carbocycles. The Kier molecular flexibility index (Phi) is 3.25. The number of likely N-dealkylation sites (N-methyl/N-ethyl adjacent to an activating group) is 1. The third-order valence-electron chi connectivity index (χ3n) is 2.34. The maximum absolute atomic E-state index is 12.0. The lowest BCUT2D eigenvalue weighted by molar-refractivity contribution is -0.186. The van der Waals surface area contributed by atoms with Gasteiger partial charge < -0.3 is 15.3 Å². The molecule has 1 saturated heterocycles. The first-order valence-corrected chi connectivity index (χ1v) is 4.50. The largest absolute Gasteiger partial charge is 0.471 e. The Bertz CT molecular complexity index is 249. The molecule has 1 amide bonds. The summed E-state index contributed by atoms with van der Waals surface area (Å²) in [7, 11) is 1.03. The number of rotatable bonds is 2. The first-order valence-electron chi connectivity index (χ1n) is 4.50. The summed E-state index contributed by atoms with van der Waals surface area (Å²) in [5, 5.41) is 12.6. The van der Waals surface area contributed by atoms with Crippen molar-refractivity contribution in [1.82, 2.24) is 10.2 Å². The standard InChI is InChI=1S/C8H13F3N2O2/c1-13(6(14)8(9,10)11)5-7(15)2-3-12-4-7/h12,15H,2-5H2,1H3. The molecular weight excluding hydrogens is 213 g/mol. The van der Waals surface area contributed by atoms with Crippen LogP contribution in [0, 0.1) is 0 Å². The minimum absolute atomic E-state index is 0.211. The average Bonchev–Trinajstić information content (AvgIpc) is 2.48. The molecule has 1 unspecified atom stereocenters. The van der Waals surface area contributed by atoms with E-state index in [1.165, 1.54) is 0 Å². The van der Waals surface area contributed by atoms with E-state index >= 15 is 0 Å². The highest BCUT2D eigenvalue weighted by Gasteiger charge is 2.43. The summed E-state index contributed by atoms with van der Waals surface area (Å²) in [6.07, 6.45) is -4.53. The van der Waals surface area contributed by atoms with Crippen LogP contribution in [0.25, 0.3) is 0 Å². The minimum Gasteiger partial charge on any atom is -0.387 e. The summed E-state index contributed by atoms with van der Waals surface area (Å²) in [5.41, 5.74) is -1.24. The first kappa shape index (κ1) is 12.3. The number of carbonyl (C=O) groups excluding carboxylic acids is 1. The van der Waals surface area contributed by atoms with E-state index in [0.717, 1.165) is 7.05 Å². The van der Waals surface area contributed by atoms with Crippen LogP contribution < -0.4 is 5.32 Å². The van der Waals surface area contributed by atoms with Crippen LogP contribution in [0.4, 0.5) is 13.2 Å². The van der Waals surface area contributed by atoms with Gasteiger partial charge in [-0.1, -0.05) is 0 Å². The second-order valence-electron chi connectivity index (χ2n) is 3.81. The molecule has 0 saturated carbocycles. The van der Waals surface area contributed by atoms with E-state index in [1.807, 2.05) is 0 Å². The van der Waals surface area contributed by atoms with Gasteiger partial charge in [-0.3, -0.25) is 4.79 Å². The van der Waals surface area contributed by atoms with Gasteiger partial charge in [-0.25, -0.2) is 0 Å². The van der Waals surface area contributed by atoms with Crippen molar-refractivity contribution < 1.29 is 23.1 Å². The number of hydrogen-bond donors (Lipinski definition) is 2. The summed E-state index contributed by atoms with van der Waals surface area (Å²) in [6, 6.07) is 0. The second-order valence-corrected chi connectivity index (χ2v) is 3.81. The normalized spacial score (nSPS) is 26.7. The second kappa shape index (κ2) is 3.97. The first-order chi connectivity index (χ1) is 6.75. The molecule has 15 heavy (non-hydrogen) atoms. The van der Waals surface area contributed by atoms with Gasteiger partial charge in [0.15, 0.2) is 0 Å². The van der Waals surface area contributed by atoms with Gasteiger partial charge in [0.25, 0.3) is 0 Å². The Morgan fingerprint density at radius 2 is 2.20 bits per heavy atom. The molecule has 1 aliphatic heterocycles. The molecule has 1 rings (SSSR count). The van der Waals surface area contributed by atoms with Gasteiger partial charge in [0.1, 0.15) is 0 Å². The zero-order valence-corrected chi connectivity index (χ0v) is 8.26. The van der Waals surface area contributed by atoms with E-state index in [2.05, 4.69) is 5.32 Å². The lowest BCUT2D eigenvalue weighted by Gasteiger charge is -2.28. The molecule has 1 atom stereocenters. The lowest BCUT2D eigenvalue weighted by Crippen LogP contribution is -2.48. The summed E-state index contributed by atoms with van der Waals surface area (Å²) >= 11 is 0. The number of halogens is 3. The molecule has 0 aromatic carbocycles. The number of aliphatic hydroxyl groups is 1. The third-order valence-corrected chi connectivity index (χ3v) is 2.34. The lowest BCUT2D eigenvalue weighted by atomic mass is 10.0. The minimum atomic E-state index is -4.88. The quantitative estimate of drug-likeness (QED) is 0.681. The van der Waals surface area contributed by atoms with Gasteiger partial charge in [-0.2, -0.15) is 13.2 Å². The summed E-state index contributed by atoms with van der Waals surface area (Å²) < 4.78 is 36.0. The fourth-order valence-electron chi connectivity index (χ4n) is 1.60. The van der Waals surface area contributed by atoms with E-state index in [1.54, 1.807) is 0 Å². The van der Waals surface area contributed by atoms with Crippen LogP contribution in [0.5, 0.6) is 0 Å². The predicted octanol–water partition coefficient (Wildman–Crippen LogP) is -0.269. The monoisotopic (exact) mass is 226 g/mol. The SMILES string of the molecule is CN(CC1(O)CCNC1)C(=O)C(F)(F)F. The highest BCUT2D eigenvalue weighted by atomic mass is 19.4. The average molecular weight is 226 g/mol.